The van der Waals surface area contributed by atoms with Crippen LogP contribution in [-0.4, -0.2) is 65.9 Å². The van der Waals surface area contributed by atoms with Gasteiger partial charge in [0.15, 0.2) is 0 Å². The molecule has 2 fully saturated rings. The van der Waals surface area contributed by atoms with Gasteiger partial charge < -0.3 is 9.80 Å². The molecule has 1 unspecified atom stereocenters. The number of amides is 1. The van der Waals surface area contributed by atoms with Gasteiger partial charge in [0.1, 0.15) is 0 Å². The largest absolute Gasteiger partial charge is 0.338 e. The van der Waals surface area contributed by atoms with Gasteiger partial charge >= 0.3 is 0 Å². The molecule has 2 aliphatic heterocycles. The maximum absolute atomic E-state index is 13.1. The van der Waals surface area contributed by atoms with Crippen molar-refractivity contribution >= 4 is 5.91 Å². The van der Waals surface area contributed by atoms with Crippen molar-refractivity contribution in [1.82, 2.24) is 14.7 Å². The van der Waals surface area contributed by atoms with Gasteiger partial charge in [-0.15, -0.1) is 0 Å². The fourth-order valence-corrected chi connectivity index (χ4v) is 4.84. The van der Waals surface area contributed by atoms with Crippen molar-refractivity contribution in [2.24, 2.45) is 11.8 Å². The Bertz CT molecular complexity index is 634. The average Bonchev–Trinajstić information content (AvgIpc) is 2.73. The molecule has 2 heterocycles. The number of hydrogen-bond acceptors (Lipinski definition) is 3. The first-order valence-corrected chi connectivity index (χ1v) is 11.8. The lowest BCUT2D eigenvalue weighted by Crippen LogP contribution is -2.45. The molecule has 1 amide bonds. The molecule has 0 spiro atoms. The molecule has 4 heteroatoms. The number of carbonyl (C=O) groups is 1. The second kappa shape index (κ2) is 10.6. The number of piperidine rings is 2. The first-order chi connectivity index (χ1) is 14.0. The minimum absolute atomic E-state index is 0.213. The Hall–Kier alpha value is -1.39. The SMILES string of the molecule is CCN(Cc1ccc(C(=O)N2CCCC(CN3CCC(C)CC3)C2)cc1)C(C)C. The monoisotopic (exact) mass is 399 g/mol. The van der Waals surface area contributed by atoms with E-state index in [1.165, 1.54) is 37.9 Å². The third-order valence-corrected chi connectivity index (χ3v) is 6.92. The molecule has 1 aromatic carbocycles. The summed E-state index contributed by atoms with van der Waals surface area (Å²) in [5, 5.41) is 0. The number of hydrogen-bond donors (Lipinski definition) is 0. The van der Waals surface area contributed by atoms with Crippen LogP contribution in [0.15, 0.2) is 24.3 Å². The lowest BCUT2D eigenvalue weighted by atomic mass is 9.94. The summed E-state index contributed by atoms with van der Waals surface area (Å²) in [6, 6.07) is 8.86. The van der Waals surface area contributed by atoms with Crippen molar-refractivity contribution in [2.75, 3.05) is 39.3 Å². The first kappa shape index (κ1) is 22.3. The minimum Gasteiger partial charge on any atom is -0.338 e. The fraction of sp³-hybridized carbons (Fsp3) is 0.720. The summed E-state index contributed by atoms with van der Waals surface area (Å²) >= 11 is 0. The zero-order chi connectivity index (χ0) is 20.8. The molecule has 2 aliphatic rings. The van der Waals surface area contributed by atoms with E-state index in [1.807, 2.05) is 12.1 Å². The highest BCUT2D eigenvalue weighted by molar-refractivity contribution is 5.94. The Morgan fingerprint density at radius 1 is 1.10 bits per heavy atom. The van der Waals surface area contributed by atoms with Gasteiger partial charge in [0.2, 0.25) is 0 Å². The van der Waals surface area contributed by atoms with Crippen LogP contribution in [0.4, 0.5) is 0 Å². The average molecular weight is 400 g/mol. The topological polar surface area (TPSA) is 26.8 Å². The smallest absolute Gasteiger partial charge is 0.253 e. The fourth-order valence-electron chi connectivity index (χ4n) is 4.84. The summed E-state index contributed by atoms with van der Waals surface area (Å²) in [5.74, 6) is 1.72. The van der Waals surface area contributed by atoms with E-state index in [1.54, 1.807) is 0 Å². The van der Waals surface area contributed by atoms with Crippen molar-refractivity contribution in [2.45, 2.75) is 66.0 Å². The molecule has 1 atom stereocenters. The number of nitrogens with zero attached hydrogens (tertiary/aromatic N) is 3. The number of carbonyl (C=O) groups excluding carboxylic acids is 1. The lowest BCUT2D eigenvalue weighted by molar-refractivity contribution is 0.0622. The van der Waals surface area contributed by atoms with E-state index in [9.17, 15) is 4.79 Å². The van der Waals surface area contributed by atoms with E-state index in [0.717, 1.165) is 50.6 Å². The standard InChI is InChI=1S/C25H41N3O/c1-5-27(20(2)3)18-22-8-10-24(11-9-22)25(29)28-14-6-7-23(19-28)17-26-15-12-21(4)13-16-26/h8-11,20-21,23H,5-7,12-19H2,1-4H3. The van der Waals surface area contributed by atoms with Crippen LogP contribution in [-0.2, 0) is 6.54 Å². The summed E-state index contributed by atoms with van der Waals surface area (Å²) in [5.41, 5.74) is 2.13. The molecule has 29 heavy (non-hydrogen) atoms. The van der Waals surface area contributed by atoms with Gasteiger partial charge in [0.05, 0.1) is 0 Å². The molecule has 162 valence electrons. The van der Waals surface area contributed by atoms with Crippen molar-refractivity contribution in [3.8, 4) is 0 Å². The molecule has 0 aliphatic carbocycles. The highest BCUT2D eigenvalue weighted by Crippen LogP contribution is 2.23. The van der Waals surface area contributed by atoms with E-state index >= 15 is 0 Å². The van der Waals surface area contributed by atoms with E-state index in [0.29, 0.717) is 12.0 Å². The van der Waals surface area contributed by atoms with E-state index in [4.69, 9.17) is 0 Å². The van der Waals surface area contributed by atoms with Crippen molar-refractivity contribution in [1.29, 1.82) is 0 Å². The van der Waals surface area contributed by atoms with Crippen LogP contribution < -0.4 is 0 Å². The van der Waals surface area contributed by atoms with Crippen LogP contribution in [0.5, 0.6) is 0 Å². The number of likely N-dealkylation sites (tertiary alicyclic amines) is 2. The first-order valence-electron chi connectivity index (χ1n) is 11.8. The summed E-state index contributed by atoms with van der Waals surface area (Å²) in [4.78, 5) is 20.2. The summed E-state index contributed by atoms with van der Waals surface area (Å²) in [6.45, 7) is 16.5. The van der Waals surface area contributed by atoms with Gasteiger partial charge in [-0.05, 0) is 88.7 Å². The Morgan fingerprint density at radius 2 is 1.79 bits per heavy atom. The number of benzene rings is 1. The lowest BCUT2D eigenvalue weighted by Gasteiger charge is -2.38. The third-order valence-electron chi connectivity index (χ3n) is 6.92. The molecule has 4 nitrogen and oxygen atoms in total. The van der Waals surface area contributed by atoms with E-state index in [-0.39, 0.29) is 5.91 Å². The maximum Gasteiger partial charge on any atom is 0.253 e. The maximum atomic E-state index is 13.1. The van der Waals surface area contributed by atoms with Crippen molar-refractivity contribution < 1.29 is 4.79 Å². The van der Waals surface area contributed by atoms with Gasteiger partial charge in [-0.2, -0.15) is 0 Å². The predicted octanol–water partition coefficient (Wildman–Crippen LogP) is 4.50. The van der Waals surface area contributed by atoms with E-state index in [2.05, 4.69) is 54.5 Å². The second-order valence-corrected chi connectivity index (χ2v) is 9.60. The molecule has 0 saturated carbocycles. The molecule has 3 rings (SSSR count). The van der Waals surface area contributed by atoms with Gasteiger partial charge in [-0.3, -0.25) is 9.69 Å². The normalized spacial score (nSPS) is 21.9. The van der Waals surface area contributed by atoms with Crippen LogP contribution >= 0.6 is 0 Å². The molecular formula is C25H41N3O. The van der Waals surface area contributed by atoms with Crippen LogP contribution in [0.3, 0.4) is 0 Å². The zero-order valence-electron chi connectivity index (χ0n) is 19.1. The number of rotatable bonds is 7. The molecular weight excluding hydrogens is 358 g/mol. The van der Waals surface area contributed by atoms with Gasteiger partial charge in [-0.1, -0.05) is 26.0 Å². The minimum atomic E-state index is 0.213. The van der Waals surface area contributed by atoms with Gasteiger partial charge in [-0.25, -0.2) is 0 Å². The molecule has 2 saturated heterocycles. The Morgan fingerprint density at radius 3 is 2.41 bits per heavy atom. The van der Waals surface area contributed by atoms with E-state index < -0.39 is 0 Å². The highest BCUT2D eigenvalue weighted by atomic mass is 16.2. The molecule has 0 bridgehead atoms. The molecule has 0 N–H and O–H groups in total. The van der Waals surface area contributed by atoms with Crippen LogP contribution in [0.1, 0.15) is 69.3 Å². The highest BCUT2D eigenvalue weighted by Gasteiger charge is 2.27. The molecule has 0 aromatic heterocycles. The third kappa shape index (κ3) is 6.29. The Balaban J connectivity index is 1.54. The summed E-state index contributed by atoms with van der Waals surface area (Å²) < 4.78 is 0. The quantitative estimate of drug-likeness (QED) is 0.675. The van der Waals surface area contributed by atoms with Crippen LogP contribution in [0, 0.1) is 11.8 Å². The van der Waals surface area contributed by atoms with Crippen LogP contribution in [0.25, 0.3) is 0 Å². The summed E-state index contributed by atoms with van der Waals surface area (Å²) in [7, 11) is 0. The van der Waals surface area contributed by atoms with Gasteiger partial charge in [0.25, 0.3) is 5.91 Å². The summed E-state index contributed by atoms with van der Waals surface area (Å²) in [6.07, 6.45) is 5.05. The molecule has 0 radical (unpaired) electrons. The predicted molar refractivity (Wildman–Crippen MR) is 121 cm³/mol. The van der Waals surface area contributed by atoms with Crippen molar-refractivity contribution in [3.05, 3.63) is 35.4 Å². The second-order valence-electron chi connectivity index (χ2n) is 9.60. The van der Waals surface area contributed by atoms with Crippen LogP contribution in [0.2, 0.25) is 0 Å². The Labute approximate surface area is 178 Å². The Kier molecular flexibility index (Phi) is 8.14. The van der Waals surface area contributed by atoms with Gasteiger partial charge in [0, 0.05) is 37.8 Å². The molecule has 1 aromatic rings. The zero-order valence-corrected chi connectivity index (χ0v) is 19.1. The van der Waals surface area contributed by atoms with Crippen molar-refractivity contribution in [3.63, 3.8) is 0 Å².